The van der Waals surface area contributed by atoms with Crippen molar-refractivity contribution >= 4 is 17.2 Å². The van der Waals surface area contributed by atoms with E-state index >= 15 is 0 Å². The van der Waals surface area contributed by atoms with Crippen LogP contribution in [0.5, 0.6) is 0 Å². The molecule has 0 radical (unpaired) electrons. The van der Waals surface area contributed by atoms with Crippen LogP contribution in [0.3, 0.4) is 0 Å². The van der Waals surface area contributed by atoms with E-state index in [1.807, 2.05) is 6.07 Å². The molecule has 0 atom stereocenters. The van der Waals surface area contributed by atoms with E-state index in [-0.39, 0.29) is 0 Å². The van der Waals surface area contributed by atoms with E-state index in [0.29, 0.717) is 17.3 Å². The quantitative estimate of drug-likeness (QED) is 0.940. The van der Waals surface area contributed by atoms with Crippen molar-refractivity contribution < 1.29 is 0 Å². The van der Waals surface area contributed by atoms with Crippen molar-refractivity contribution in [3.63, 3.8) is 0 Å². The first-order valence-corrected chi connectivity index (χ1v) is 8.54. The Kier molecular flexibility index (Phi) is 4.66. The molecule has 5 nitrogen and oxygen atoms in total. The Labute approximate surface area is 143 Å². The minimum atomic E-state index is 0.466. The standard InChI is InChI=1S/C19H25N5/c1-15(2)14-24-17(13-20)12-18(21)19(24)23-10-8-22(9-11-23)16-6-4-3-5-7-16/h3-7,12,15H,8-11,14,21H2,1-2H3. The zero-order valence-corrected chi connectivity index (χ0v) is 14.4. The average molecular weight is 323 g/mol. The molecule has 1 aliphatic rings. The van der Waals surface area contributed by atoms with Crippen LogP contribution in [0.4, 0.5) is 17.2 Å². The number of aromatic nitrogens is 1. The smallest absolute Gasteiger partial charge is 0.133 e. The molecule has 0 aliphatic carbocycles. The second kappa shape index (κ2) is 6.88. The molecule has 24 heavy (non-hydrogen) atoms. The van der Waals surface area contributed by atoms with E-state index in [9.17, 15) is 5.26 Å². The summed E-state index contributed by atoms with van der Waals surface area (Å²) in [4.78, 5) is 4.71. The van der Waals surface area contributed by atoms with Crippen LogP contribution in [-0.4, -0.2) is 30.7 Å². The van der Waals surface area contributed by atoms with Crippen molar-refractivity contribution in [2.24, 2.45) is 5.92 Å². The first-order chi connectivity index (χ1) is 11.6. The lowest BCUT2D eigenvalue weighted by atomic mass is 10.2. The molecule has 2 aromatic rings. The van der Waals surface area contributed by atoms with Gasteiger partial charge >= 0.3 is 0 Å². The average Bonchev–Trinajstić information content (AvgIpc) is 2.90. The molecule has 1 aromatic heterocycles. The highest BCUT2D eigenvalue weighted by Gasteiger charge is 2.24. The normalized spacial score (nSPS) is 14.9. The van der Waals surface area contributed by atoms with Crippen LogP contribution in [0.25, 0.3) is 0 Å². The zero-order valence-electron chi connectivity index (χ0n) is 14.4. The van der Waals surface area contributed by atoms with Crippen LogP contribution in [-0.2, 0) is 6.54 Å². The third-order valence-corrected chi connectivity index (χ3v) is 4.46. The van der Waals surface area contributed by atoms with E-state index in [2.05, 4.69) is 58.5 Å². The fourth-order valence-electron chi connectivity index (χ4n) is 3.37. The van der Waals surface area contributed by atoms with Crippen LogP contribution in [0.2, 0.25) is 0 Å². The number of benzene rings is 1. The Morgan fingerprint density at radius 2 is 1.71 bits per heavy atom. The maximum absolute atomic E-state index is 9.41. The highest BCUT2D eigenvalue weighted by Crippen LogP contribution is 2.30. The lowest BCUT2D eigenvalue weighted by molar-refractivity contribution is 0.513. The summed E-state index contributed by atoms with van der Waals surface area (Å²) in [5.74, 6) is 1.47. The molecule has 126 valence electrons. The highest BCUT2D eigenvalue weighted by atomic mass is 15.3. The summed E-state index contributed by atoms with van der Waals surface area (Å²) in [5.41, 5.74) is 8.87. The van der Waals surface area contributed by atoms with Gasteiger partial charge in [0.1, 0.15) is 17.6 Å². The van der Waals surface area contributed by atoms with E-state index in [4.69, 9.17) is 5.73 Å². The largest absolute Gasteiger partial charge is 0.396 e. The van der Waals surface area contributed by atoms with Gasteiger partial charge in [-0.3, -0.25) is 0 Å². The van der Waals surface area contributed by atoms with Crippen molar-refractivity contribution in [2.75, 3.05) is 41.7 Å². The molecule has 0 saturated carbocycles. The number of hydrogen-bond acceptors (Lipinski definition) is 4. The summed E-state index contributed by atoms with van der Waals surface area (Å²) in [7, 11) is 0. The number of piperazine rings is 1. The summed E-state index contributed by atoms with van der Waals surface area (Å²) in [5, 5.41) is 9.41. The first kappa shape index (κ1) is 16.3. The lowest BCUT2D eigenvalue weighted by Crippen LogP contribution is -2.47. The molecule has 1 aromatic carbocycles. The molecule has 5 heteroatoms. The fourth-order valence-corrected chi connectivity index (χ4v) is 3.37. The Bertz CT molecular complexity index is 718. The van der Waals surface area contributed by atoms with Gasteiger partial charge in [0, 0.05) is 38.4 Å². The molecule has 2 heterocycles. The van der Waals surface area contributed by atoms with Crippen LogP contribution in [0, 0.1) is 17.2 Å². The number of anilines is 3. The number of nitrogen functional groups attached to an aromatic ring is 1. The molecule has 1 fully saturated rings. The van der Waals surface area contributed by atoms with Gasteiger partial charge in [-0.15, -0.1) is 0 Å². The molecule has 0 unspecified atom stereocenters. The van der Waals surface area contributed by atoms with Crippen molar-refractivity contribution in [3.05, 3.63) is 42.1 Å². The van der Waals surface area contributed by atoms with Crippen molar-refractivity contribution in [2.45, 2.75) is 20.4 Å². The Morgan fingerprint density at radius 1 is 1.08 bits per heavy atom. The van der Waals surface area contributed by atoms with Gasteiger partial charge in [0.25, 0.3) is 0 Å². The SMILES string of the molecule is CC(C)Cn1c(C#N)cc(N)c1N1CCN(c2ccccc2)CC1. The molecule has 0 bridgehead atoms. The summed E-state index contributed by atoms with van der Waals surface area (Å²) in [6.07, 6.45) is 0. The van der Waals surface area contributed by atoms with Crippen LogP contribution < -0.4 is 15.5 Å². The van der Waals surface area contributed by atoms with Gasteiger partial charge in [0.05, 0.1) is 5.69 Å². The van der Waals surface area contributed by atoms with E-state index in [1.165, 1.54) is 5.69 Å². The van der Waals surface area contributed by atoms with Gasteiger partial charge in [-0.25, -0.2) is 0 Å². The zero-order chi connectivity index (χ0) is 17.1. The fraction of sp³-hybridized carbons (Fsp3) is 0.421. The minimum Gasteiger partial charge on any atom is -0.396 e. The Morgan fingerprint density at radius 3 is 2.29 bits per heavy atom. The molecule has 0 amide bonds. The van der Waals surface area contributed by atoms with Gasteiger partial charge < -0.3 is 20.1 Å². The van der Waals surface area contributed by atoms with Crippen molar-refractivity contribution in [1.82, 2.24) is 4.57 Å². The predicted molar refractivity (Wildman–Crippen MR) is 99.3 cm³/mol. The number of para-hydroxylation sites is 1. The van der Waals surface area contributed by atoms with E-state index in [0.717, 1.165) is 38.5 Å². The highest BCUT2D eigenvalue weighted by molar-refractivity contribution is 5.68. The third kappa shape index (κ3) is 3.18. The van der Waals surface area contributed by atoms with E-state index < -0.39 is 0 Å². The predicted octanol–water partition coefficient (Wildman–Crippen LogP) is 2.92. The van der Waals surface area contributed by atoms with Crippen molar-refractivity contribution in [3.8, 4) is 6.07 Å². The van der Waals surface area contributed by atoms with Gasteiger partial charge in [0.15, 0.2) is 0 Å². The molecule has 0 spiro atoms. The Hall–Kier alpha value is -2.61. The second-order valence-electron chi connectivity index (χ2n) is 6.73. The van der Waals surface area contributed by atoms with Gasteiger partial charge in [-0.1, -0.05) is 32.0 Å². The van der Waals surface area contributed by atoms with Gasteiger partial charge in [-0.05, 0) is 24.1 Å². The number of hydrogen-bond donors (Lipinski definition) is 1. The summed E-state index contributed by atoms with van der Waals surface area (Å²) < 4.78 is 2.08. The maximum atomic E-state index is 9.41. The summed E-state index contributed by atoms with van der Waals surface area (Å²) in [6, 6.07) is 14.6. The lowest BCUT2D eigenvalue weighted by Gasteiger charge is -2.38. The molecular weight excluding hydrogens is 298 g/mol. The summed E-state index contributed by atoms with van der Waals surface area (Å²) in [6.45, 7) is 8.87. The number of nitriles is 1. The molecule has 3 rings (SSSR count). The number of rotatable bonds is 4. The number of nitrogens with two attached hydrogens (primary N) is 1. The topological polar surface area (TPSA) is 61.2 Å². The molecule has 2 N–H and O–H groups in total. The van der Waals surface area contributed by atoms with E-state index in [1.54, 1.807) is 6.07 Å². The Balaban J connectivity index is 1.79. The minimum absolute atomic E-state index is 0.466. The molecule has 1 saturated heterocycles. The van der Waals surface area contributed by atoms with Gasteiger partial charge in [0.2, 0.25) is 0 Å². The van der Waals surface area contributed by atoms with Crippen molar-refractivity contribution in [1.29, 1.82) is 5.26 Å². The monoisotopic (exact) mass is 323 g/mol. The summed E-state index contributed by atoms with van der Waals surface area (Å²) >= 11 is 0. The third-order valence-electron chi connectivity index (χ3n) is 4.46. The maximum Gasteiger partial charge on any atom is 0.133 e. The molecule has 1 aliphatic heterocycles. The van der Waals surface area contributed by atoms with Crippen LogP contribution in [0.1, 0.15) is 19.5 Å². The number of nitrogens with zero attached hydrogens (tertiary/aromatic N) is 4. The second-order valence-corrected chi connectivity index (χ2v) is 6.73. The first-order valence-electron chi connectivity index (χ1n) is 8.54. The van der Waals surface area contributed by atoms with Crippen LogP contribution >= 0.6 is 0 Å². The van der Waals surface area contributed by atoms with Crippen LogP contribution in [0.15, 0.2) is 36.4 Å². The van der Waals surface area contributed by atoms with Gasteiger partial charge in [-0.2, -0.15) is 5.26 Å². The molecular formula is C19H25N5.